The standard InChI is InChI=1S/C12H16N4O3/c1-12(18)4-7(5-17)19-10(12)8-2-3-9-11(13)14-6-15-16(8)9/h2-3,6-7,10,17-18H,4-5H2,1H3,(H2,13,14,15)/t7-,10-,12+/m0/s1. The van der Waals surface area contributed by atoms with Crippen molar-refractivity contribution in [1.29, 1.82) is 0 Å². The van der Waals surface area contributed by atoms with Gasteiger partial charge in [0, 0.05) is 6.42 Å². The molecule has 102 valence electrons. The van der Waals surface area contributed by atoms with E-state index in [2.05, 4.69) is 10.1 Å². The Morgan fingerprint density at radius 1 is 1.58 bits per heavy atom. The second-order valence-corrected chi connectivity index (χ2v) is 5.08. The number of hydrogen-bond donors (Lipinski definition) is 3. The molecule has 0 aliphatic carbocycles. The van der Waals surface area contributed by atoms with Gasteiger partial charge < -0.3 is 20.7 Å². The van der Waals surface area contributed by atoms with E-state index in [-0.39, 0.29) is 12.7 Å². The van der Waals surface area contributed by atoms with E-state index in [0.717, 1.165) is 0 Å². The molecule has 7 nitrogen and oxygen atoms in total. The summed E-state index contributed by atoms with van der Waals surface area (Å²) in [5.41, 5.74) is 6.09. The predicted molar refractivity (Wildman–Crippen MR) is 67.3 cm³/mol. The third kappa shape index (κ3) is 1.86. The minimum absolute atomic E-state index is 0.118. The smallest absolute Gasteiger partial charge is 0.151 e. The number of hydrogen-bond acceptors (Lipinski definition) is 6. The van der Waals surface area contributed by atoms with Crippen molar-refractivity contribution in [3.05, 3.63) is 24.2 Å². The number of nitrogens with two attached hydrogens (primary N) is 1. The van der Waals surface area contributed by atoms with Crippen LogP contribution in [0.4, 0.5) is 5.82 Å². The molecule has 4 N–H and O–H groups in total. The molecular weight excluding hydrogens is 248 g/mol. The lowest BCUT2D eigenvalue weighted by atomic mass is 9.94. The van der Waals surface area contributed by atoms with Crippen LogP contribution in [0.3, 0.4) is 0 Å². The van der Waals surface area contributed by atoms with Crippen LogP contribution in [0.5, 0.6) is 0 Å². The summed E-state index contributed by atoms with van der Waals surface area (Å²) in [6, 6.07) is 3.59. The van der Waals surface area contributed by atoms with Crippen LogP contribution >= 0.6 is 0 Å². The molecule has 0 radical (unpaired) electrons. The van der Waals surface area contributed by atoms with Crippen LogP contribution in [0.2, 0.25) is 0 Å². The van der Waals surface area contributed by atoms with Crippen LogP contribution < -0.4 is 5.73 Å². The molecule has 19 heavy (non-hydrogen) atoms. The third-order valence-electron chi connectivity index (χ3n) is 3.52. The molecule has 1 aliphatic rings. The van der Waals surface area contributed by atoms with Crippen molar-refractivity contribution in [2.75, 3.05) is 12.3 Å². The van der Waals surface area contributed by atoms with Gasteiger partial charge in [-0.15, -0.1) is 0 Å². The van der Waals surface area contributed by atoms with Crippen molar-refractivity contribution in [3.63, 3.8) is 0 Å². The fraction of sp³-hybridized carbons (Fsp3) is 0.500. The molecular formula is C12H16N4O3. The number of fused-ring (bicyclic) bond motifs is 1. The monoisotopic (exact) mass is 264 g/mol. The van der Waals surface area contributed by atoms with Gasteiger partial charge in [-0.1, -0.05) is 0 Å². The summed E-state index contributed by atoms with van der Waals surface area (Å²) in [7, 11) is 0. The molecule has 7 heteroatoms. The second-order valence-electron chi connectivity index (χ2n) is 5.08. The number of aromatic nitrogens is 3. The van der Waals surface area contributed by atoms with Gasteiger partial charge in [-0.3, -0.25) is 0 Å². The van der Waals surface area contributed by atoms with Crippen molar-refractivity contribution in [2.24, 2.45) is 0 Å². The molecule has 0 amide bonds. The van der Waals surface area contributed by atoms with E-state index in [1.165, 1.54) is 6.33 Å². The van der Waals surface area contributed by atoms with E-state index in [0.29, 0.717) is 23.4 Å². The Kier molecular flexibility index (Phi) is 2.70. The Morgan fingerprint density at radius 3 is 3.05 bits per heavy atom. The van der Waals surface area contributed by atoms with E-state index < -0.39 is 11.7 Å². The van der Waals surface area contributed by atoms with E-state index >= 15 is 0 Å². The number of aliphatic hydroxyl groups excluding tert-OH is 1. The number of nitrogen functional groups attached to an aromatic ring is 1. The second kappa shape index (κ2) is 4.16. The number of aliphatic hydroxyl groups is 2. The van der Waals surface area contributed by atoms with Gasteiger partial charge >= 0.3 is 0 Å². The fourth-order valence-electron chi connectivity index (χ4n) is 2.62. The van der Waals surface area contributed by atoms with Crippen LogP contribution in [0.15, 0.2) is 18.5 Å². The van der Waals surface area contributed by atoms with E-state index in [4.69, 9.17) is 10.5 Å². The molecule has 0 unspecified atom stereocenters. The molecule has 1 saturated heterocycles. The number of nitrogens with zero attached hydrogens (tertiary/aromatic N) is 3. The minimum Gasteiger partial charge on any atom is -0.394 e. The first-order valence-electron chi connectivity index (χ1n) is 6.10. The van der Waals surface area contributed by atoms with Gasteiger partial charge in [0.15, 0.2) is 5.82 Å². The highest BCUT2D eigenvalue weighted by Crippen LogP contribution is 2.41. The van der Waals surface area contributed by atoms with Crippen LogP contribution in [-0.2, 0) is 4.74 Å². The van der Waals surface area contributed by atoms with E-state index in [1.807, 2.05) is 0 Å². The van der Waals surface area contributed by atoms with Gasteiger partial charge in [0.05, 0.1) is 24.0 Å². The summed E-state index contributed by atoms with van der Waals surface area (Å²) >= 11 is 0. The number of anilines is 1. The average molecular weight is 264 g/mol. The molecule has 0 bridgehead atoms. The van der Waals surface area contributed by atoms with Crippen LogP contribution in [0.25, 0.3) is 5.52 Å². The fourth-order valence-corrected chi connectivity index (χ4v) is 2.62. The number of rotatable bonds is 2. The molecule has 0 saturated carbocycles. The molecule has 3 atom stereocenters. The summed E-state index contributed by atoms with van der Waals surface area (Å²) in [6.07, 6.45) is 0.812. The first-order valence-corrected chi connectivity index (χ1v) is 6.10. The van der Waals surface area contributed by atoms with Gasteiger partial charge in [0.2, 0.25) is 0 Å². The Bertz CT molecular complexity index is 610. The molecule has 1 fully saturated rings. The largest absolute Gasteiger partial charge is 0.394 e. The minimum atomic E-state index is -1.05. The van der Waals surface area contributed by atoms with Crippen LogP contribution in [-0.4, -0.2) is 43.1 Å². The Hall–Kier alpha value is -1.70. The van der Waals surface area contributed by atoms with Crippen molar-refractivity contribution >= 4 is 11.3 Å². The zero-order valence-corrected chi connectivity index (χ0v) is 10.5. The zero-order valence-electron chi connectivity index (χ0n) is 10.5. The summed E-state index contributed by atoms with van der Waals surface area (Å²) < 4.78 is 7.31. The van der Waals surface area contributed by atoms with Gasteiger partial charge in [-0.25, -0.2) is 9.50 Å². The molecule has 3 heterocycles. The highest BCUT2D eigenvalue weighted by atomic mass is 16.5. The highest BCUT2D eigenvalue weighted by molar-refractivity contribution is 5.65. The SMILES string of the molecule is C[C@@]1(O)C[C@@H](CO)O[C@H]1c1ccc2c(N)ncnn12. The summed E-state index contributed by atoms with van der Waals surface area (Å²) in [4.78, 5) is 3.92. The Labute approximate surface area is 109 Å². The van der Waals surface area contributed by atoms with Crippen LogP contribution in [0, 0.1) is 0 Å². The summed E-state index contributed by atoms with van der Waals surface area (Å²) in [5, 5.41) is 23.7. The maximum atomic E-state index is 10.4. The predicted octanol–water partition coefficient (Wildman–Crippen LogP) is -0.115. The third-order valence-corrected chi connectivity index (χ3v) is 3.52. The van der Waals surface area contributed by atoms with Gasteiger partial charge in [0.1, 0.15) is 17.9 Å². The summed E-state index contributed by atoms with van der Waals surface area (Å²) in [6.45, 7) is 1.57. The van der Waals surface area contributed by atoms with Crippen molar-refractivity contribution in [1.82, 2.24) is 14.6 Å². The first-order chi connectivity index (χ1) is 9.03. The average Bonchev–Trinajstić information content (AvgIpc) is 2.90. The van der Waals surface area contributed by atoms with Gasteiger partial charge in [-0.2, -0.15) is 5.10 Å². The molecule has 3 rings (SSSR count). The quantitative estimate of drug-likeness (QED) is 0.698. The normalized spacial score (nSPS) is 31.1. The highest BCUT2D eigenvalue weighted by Gasteiger charge is 2.45. The molecule has 0 spiro atoms. The van der Waals surface area contributed by atoms with Crippen LogP contribution in [0.1, 0.15) is 25.1 Å². The van der Waals surface area contributed by atoms with E-state index in [1.54, 1.807) is 23.6 Å². The van der Waals surface area contributed by atoms with E-state index in [9.17, 15) is 10.2 Å². The number of ether oxygens (including phenoxy) is 1. The van der Waals surface area contributed by atoms with Crippen molar-refractivity contribution in [3.8, 4) is 0 Å². The Balaban J connectivity index is 2.07. The zero-order chi connectivity index (χ0) is 13.6. The lowest BCUT2D eigenvalue weighted by Crippen LogP contribution is -2.29. The van der Waals surface area contributed by atoms with Gasteiger partial charge in [0.25, 0.3) is 0 Å². The van der Waals surface area contributed by atoms with Crippen molar-refractivity contribution in [2.45, 2.75) is 31.2 Å². The molecule has 0 aromatic carbocycles. The lowest BCUT2D eigenvalue weighted by molar-refractivity contribution is -0.0495. The first kappa shape index (κ1) is 12.3. The lowest BCUT2D eigenvalue weighted by Gasteiger charge is -2.23. The molecule has 1 aliphatic heterocycles. The summed E-state index contributed by atoms with van der Waals surface area (Å²) in [5.74, 6) is 0.373. The topological polar surface area (TPSA) is 106 Å². The Morgan fingerprint density at radius 2 is 2.37 bits per heavy atom. The van der Waals surface area contributed by atoms with Gasteiger partial charge in [-0.05, 0) is 19.1 Å². The maximum Gasteiger partial charge on any atom is 0.151 e. The molecule has 2 aromatic heterocycles. The maximum absolute atomic E-state index is 10.4. The van der Waals surface area contributed by atoms with Crippen molar-refractivity contribution < 1.29 is 14.9 Å². The molecule has 2 aromatic rings.